The number of nitrogens with zero attached hydrogens (tertiary/aromatic N) is 2. The van der Waals surface area contributed by atoms with E-state index in [1.54, 1.807) is 0 Å². The van der Waals surface area contributed by atoms with E-state index in [1.807, 2.05) is 0 Å². The highest BCUT2D eigenvalue weighted by molar-refractivity contribution is 6.32. The van der Waals surface area contributed by atoms with Gasteiger partial charge < -0.3 is 9.26 Å². The topological polar surface area (TPSA) is 65.2 Å². The summed E-state index contributed by atoms with van der Waals surface area (Å²) in [6.07, 6.45) is 0.640. The molecule has 0 aliphatic rings. The first-order valence-electron chi connectivity index (χ1n) is 6.83. The second-order valence-electron chi connectivity index (χ2n) is 4.86. The Hall–Kier alpha value is -2.87. The summed E-state index contributed by atoms with van der Waals surface area (Å²) in [6.45, 7) is -0.167. The summed E-state index contributed by atoms with van der Waals surface area (Å²) in [5, 5.41) is 3.77. The lowest BCUT2D eigenvalue weighted by molar-refractivity contribution is 0.112. The Morgan fingerprint density at radius 1 is 1.16 bits per heavy atom. The molecule has 0 bridgehead atoms. The minimum absolute atomic E-state index is 0.00988. The molecule has 1 heterocycles. The van der Waals surface area contributed by atoms with E-state index in [-0.39, 0.29) is 34.7 Å². The van der Waals surface area contributed by atoms with Crippen LogP contribution in [0.5, 0.6) is 5.75 Å². The Kier molecular flexibility index (Phi) is 4.71. The maximum Gasteiger partial charge on any atom is 0.264 e. The van der Waals surface area contributed by atoms with Crippen molar-refractivity contribution in [3.05, 3.63) is 64.3 Å². The van der Waals surface area contributed by atoms with E-state index in [0.717, 1.165) is 12.1 Å². The molecule has 1 aromatic heterocycles. The molecule has 0 radical (unpaired) electrons. The number of halogens is 4. The van der Waals surface area contributed by atoms with Crippen LogP contribution in [0.3, 0.4) is 0 Å². The largest absolute Gasteiger partial charge is 0.482 e. The SMILES string of the molecule is O=Cc1ccc(OCc2nc(-c3cc(F)c(F)c(F)c3)no2)c(Cl)c1. The van der Waals surface area contributed by atoms with Crippen molar-refractivity contribution in [2.75, 3.05) is 0 Å². The Bertz CT molecular complexity index is 923. The molecular formula is C16H8ClF3N2O3. The third-order valence-corrected chi connectivity index (χ3v) is 3.45. The van der Waals surface area contributed by atoms with Gasteiger partial charge in [-0.2, -0.15) is 4.98 Å². The van der Waals surface area contributed by atoms with Crippen LogP contribution in [0.4, 0.5) is 13.2 Å². The van der Waals surface area contributed by atoms with Crippen LogP contribution >= 0.6 is 11.6 Å². The third-order valence-electron chi connectivity index (χ3n) is 3.15. The Balaban J connectivity index is 1.75. The average molecular weight is 369 g/mol. The zero-order valence-corrected chi connectivity index (χ0v) is 13.1. The molecule has 2 aromatic carbocycles. The number of hydrogen-bond acceptors (Lipinski definition) is 5. The van der Waals surface area contributed by atoms with Crippen molar-refractivity contribution in [3.8, 4) is 17.1 Å². The summed E-state index contributed by atoms with van der Waals surface area (Å²) in [5.74, 6) is -4.14. The van der Waals surface area contributed by atoms with Gasteiger partial charge in [-0.25, -0.2) is 13.2 Å². The first-order valence-corrected chi connectivity index (χ1v) is 7.20. The van der Waals surface area contributed by atoms with Crippen molar-refractivity contribution in [2.45, 2.75) is 6.61 Å². The van der Waals surface area contributed by atoms with E-state index in [2.05, 4.69) is 10.1 Å². The minimum Gasteiger partial charge on any atom is -0.482 e. The quantitative estimate of drug-likeness (QED) is 0.499. The smallest absolute Gasteiger partial charge is 0.264 e. The van der Waals surface area contributed by atoms with Crippen LogP contribution in [0, 0.1) is 17.5 Å². The van der Waals surface area contributed by atoms with E-state index >= 15 is 0 Å². The van der Waals surface area contributed by atoms with E-state index in [4.69, 9.17) is 20.9 Å². The molecule has 0 fully saturated rings. The fourth-order valence-electron chi connectivity index (χ4n) is 1.96. The van der Waals surface area contributed by atoms with E-state index in [1.165, 1.54) is 18.2 Å². The van der Waals surface area contributed by atoms with Gasteiger partial charge in [-0.15, -0.1) is 0 Å². The number of benzene rings is 2. The molecular weight excluding hydrogens is 361 g/mol. The summed E-state index contributed by atoms with van der Waals surface area (Å²) in [4.78, 5) is 14.6. The highest BCUT2D eigenvalue weighted by atomic mass is 35.5. The minimum atomic E-state index is -1.58. The van der Waals surface area contributed by atoms with Gasteiger partial charge in [-0.3, -0.25) is 4.79 Å². The predicted octanol–water partition coefficient (Wildman–Crippen LogP) is 4.20. The molecule has 3 aromatic rings. The lowest BCUT2D eigenvalue weighted by Crippen LogP contribution is -1.97. The van der Waals surface area contributed by atoms with Gasteiger partial charge in [-0.05, 0) is 30.3 Å². The summed E-state index contributed by atoms with van der Waals surface area (Å²) in [7, 11) is 0. The van der Waals surface area contributed by atoms with Gasteiger partial charge in [0, 0.05) is 11.1 Å². The molecule has 0 atom stereocenters. The molecule has 0 amide bonds. The molecule has 0 saturated heterocycles. The van der Waals surface area contributed by atoms with Crippen molar-refractivity contribution in [1.82, 2.24) is 10.1 Å². The van der Waals surface area contributed by atoms with Crippen molar-refractivity contribution >= 4 is 17.9 Å². The van der Waals surface area contributed by atoms with E-state index in [0.29, 0.717) is 11.8 Å². The zero-order chi connectivity index (χ0) is 18.0. The Morgan fingerprint density at radius 2 is 1.88 bits per heavy atom. The van der Waals surface area contributed by atoms with Crippen molar-refractivity contribution in [2.24, 2.45) is 0 Å². The maximum atomic E-state index is 13.2. The lowest BCUT2D eigenvalue weighted by Gasteiger charge is -2.05. The zero-order valence-electron chi connectivity index (χ0n) is 12.3. The summed E-state index contributed by atoms with van der Waals surface area (Å²) in [6, 6.07) is 5.94. The molecule has 0 saturated carbocycles. The van der Waals surface area contributed by atoms with Crippen molar-refractivity contribution in [1.29, 1.82) is 0 Å². The number of aromatic nitrogens is 2. The molecule has 128 valence electrons. The monoisotopic (exact) mass is 368 g/mol. The van der Waals surface area contributed by atoms with Crippen LogP contribution in [-0.2, 0) is 6.61 Å². The third kappa shape index (κ3) is 3.63. The van der Waals surface area contributed by atoms with Crippen molar-refractivity contribution in [3.63, 3.8) is 0 Å². The number of rotatable bonds is 5. The number of hydrogen-bond donors (Lipinski definition) is 0. The van der Waals surface area contributed by atoms with Crippen LogP contribution in [-0.4, -0.2) is 16.4 Å². The first kappa shape index (κ1) is 17.0. The van der Waals surface area contributed by atoms with E-state index in [9.17, 15) is 18.0 Å². The lowest BCUT2D eigenvalue weighted by atomic mass is 10.2. The second-order valence-corrected chi connectivity index (χ2v) is 5.27. The molecule has 3 rings (SSSR count). The number of carbonyl (C=O) groups is 1. The van der Waals surface area contributed by atoms with Gasteiger partial charge in [0.25, 0.3) is 5.89 Å². The summed E-state index contributed by atoms with van der Waals surface area (Å²) in [5.41, 5.74) is 0.303. The Labute approximate surface area is 144 Å². The van der Waals surface area contributed by atoms with Gasteiger partial charge >= 0.3 is 0 Å². The molecule has 25 heavy (non-hydrogen) atoms. The maximum absolute atomic E-state index is 13.2. The second kappa shape index (κ2) is 6.94. The van der Waals surface area contributed by atoms with Crippen LogP contribution < -0.4 is 4.74 Å². The van der Waals surface area contributed by atoms with Gasteiger partial charge in [0.1, 0.15) is 12.0 Å². The summed E-state index contributed by atoms with van der Waals surface area (Å²) < 4.78 is 49.7. The highest BCUT2D eigenvalue weighted by Crippen LogP contribution is 2.26. The van der Waals surface area contributed by atoms with Gasteiger partial charge in [0.05, 0.1) is 5.02 Å². The van der Waals surface area contributed by atoms with Gasteiger partial charge in [-0.1, -0.05) is 16.8 Å². The van der Waals surface area contributed by atoms with Gasteiger partial charge in [0.15, 0.2) is 24.1 Å². The van der Waals surface area contributed by atoms with Crippen LogP contribution in [0.2, 0.25) is 5.02 Å². The number of carbonyl (C=O) groups excluding carboxylic acids is 1. The molecule has 0 spiro atoms. The number of aldehydes is 1. The fraction of sp³-hybridized carbons (Fsp3) is 0.0625. The molecule has 9 heteroatoms. The fourth-order valence-corrected chi connectivity index (χ4v) is 2.21. The average Bonchev–Trinajstić information content (AvgIpc) is 3.07. The Morgan fingerprint density at radius 3 is 2.52 bits per heavy atom. The molecule has 0 N–H and O–H groups in total. The van der Waals surface area contributed by atoms with Crippen LogP contribution in [0.15, 0.2) is 34.9 Å². The molecule has 5 nitrogen and oxygen atoms in total. The number of ether oxygens (including phenoxy) is 1. The van der Waals surface area contributed by atoms with Crippen LogP contribution in [0.25, 0.3) is 11.4 Å². The highest BCUT2D eigenvalue weighted by Gasteiger charge is 2.16. The van der Waals surface area contributed by atoms with Crippen LogP contribution in [0.1, 0.15) is 16.2 Å². The standard InChI is InChI=1S/C16H8ClF3N2O3/c17-10-3-8(6-23)1-2-13(10)24-7-14-21-16(22-25-14)9-4-11(18)15(20)12(19)5-9/h1-6H,7H2. The van der Waals surface area contributed by atoms with Gasteiger partial charge in [0.2, 0.25) is 5.82 Å². The first-order chi connectivity index (χ1) is 12.0. The molecule has 0 aliphatic carbocycles. The summed E-state index contributed by atoms with van der Waals surface area (Å²) >= 11 is 5.96. The van der Waals surface area contributed by atoms with E-state index < -0.39 is 17.5 Å². The molecule has 0 aliphatic heterocycles. The van der Waals surface area contributed by atoms with Crippen molar-refractivity contribution < 1.29 is 27.2 Å². The normalized spacial score (nSPS) is 10.7. The predicted molar refractivity (Wildman–Crippen MR) is 80.8 cm³/mol. The molecule has 0 unspecified atom stereocenters.